The summed E-state index contributed by atoms with van der Waals surface area (Å²) in [6.45, 7) is 1.89. The Kier molecular flexibility index (Phi) is 5.18. The van der Waals surface area contributed by atoms with Gasteiger partial charge < -0.3 is 15.0 Å². The van der Waals surface area contributed by atoms with Crippen LogP contribution in [0.1, 0.15) is 39.1 Å². The molecule has 1 atom stereocenters. The van der Waals surface area contributed by atoms with E-state index in [4.69, 9.17) is 4.74 Å². The zero-order chi connectivity index (χ0) is 18.8. The van der Waals surface area contributed by atoms with Crippen LogP contribution in [0.15, 0.2) is 47.4 Å². The first-order valence-corrected chi connectivity index (χ1v) is 10.4. The summed E-state index contributed by atoms with van der Waals surface area (Å²) in [5, 5.41) is 2.92. The molecule has 2 aliphatic heterocycles. The number of nitrogens with zero attached hydrogens (tertiary/aromatic N) is 1. The summed E-state index contributed by atoms with van der Waals surface area (Å²) >= 11 is 1.62. The number of hydrogen-bond acceptors (Lipinski definition) is 4. The summed E-state index contributed by atoms with van der Waals surface area (Å²) in [4.78, 5) is 28.7. The molecule has 1 fully saturated rings. The molecule has 27 heavy (non-hydrogen) atoms. The Morgan fingerprint density at radius 1 is 1.30 bits per heavy atom. The number of hydrogen-bond donors (Lipinski definition) is 1. The predicted octanol–water partition coefficient (Wildman–Crippen LogP) is 3.80. The molecule has 2 amide bonds. The number of benzene rings is 2. The molecule has 2 aromatic carbocycles. The van der Waals surface area contributed by atoms with E-state index in [2.05, 4.69) is 5.32 Å². The number of rotatable bonds is 5. The van der Waals surface area contributed by atoms with Gasteiger partial charge in [0, 0.05) is 30.3 Å². The van der Waals surface area contributed by atoms with Crippen LogP contribution in [-0.2, 0) is 11.3 Å². The van der Waals surface area contributed by atoms with Gasteiger partial charge in [-0.2, -0.15) is 0 Å². The van der Waals surface area contributed by atoms with Gasteiger partial charge in [0.2, 0.25) is 0 Å². The standard InChI is InChI=1S/C21H22N2O3S/c1-27-17-8-3-6-15(11-17)22-20(24)18-9-2-5-14-12-23(21(25)19(14)18)13-16-7-4-10-26-16/h2-3,5-6,8-9,11,16H,4,7,10,12-13H2,1H3,(H,22,24). The number of carbonyl (C=O) groups is 2. The van der Waals surface area contributed by atoms with Gasteiger partial charge in [-0.25, -0.2) is 0 Å². The lowest BCUT2D eigenvalue weighted by Crippen LogP contribution is -2.32. The lowest BCUT2D eigenvalue weighted by molar-refractivity contribution is 0.0544. The van der Waals surface area contributed by atoms with Crippen molar-refractivity contribution in [1.29, 1.82) is 0 Å². The van der Waals surface area contributed by atoms with E-state index in [1.807, 2.05) is 42.7 Å². The Balaban J connectivity index is 1.54. The maximum atomic E-state index is 12.9. The molecular weight excluding hydrogens is 360 g/mol. The van der Waals surface area contributed by atoms with Crippen LogP contribution in [0.25, 0.3) is 0 Å². The number of ether oxygens (including phenoxy) is 1. The van der Waals surface area contributed by atoms with E-state index in [1.54, 1.807) is 22.7 Å². The lowest BCUT2D eigenvalue weighted by Gasteiger charge is -2.19. The molecule has 0 radical (unpaired) electrons. The van der Waals surface area contributed by atoms with E-state index < -0.39 is 0 Å². The maximum Gasteiger partial charge on any atom is 0.256 e. The molecule has 2 heterocycles. The molecule has 2 aliphatic rings. The quantitative estimate of drug-likeness (QED) is 0.799. The number of fused-ring (bicyclic) bond motifs is 1. The van der Waals surface area contributed by atoms with Crippen molar-refractivity contribution in [2.75, 3.05) is 24.7 Å². The summed E-state index contributed by atoms with van der Waals surface area (Å²) in [5.74, 6) is -0.332. The molecular formula is C21H22N2O3S. The van der Waals surface area contributed by atoms with E-state index in [9.17, 15) is 9.59 Å². The summed E-state index contributed by atoms with van der Waals surface area (Å²) in [7, 11) is 0. The van der Waals surface area contributed by atoms with Crippen molar-refractivity contribution in [3.63, 3.8) is 0 Å². The number of carbonyl (C=O) groups excluding carboxylic acids is 2. The minimum absolute atomic E-state index is 0.0795. The van der Waals surface area contributed by atoms with E-state index in [1.165, 1.54) is 0 Å². The minimum atomic E-state index is -0.252. The fourth-order valence-corrected chi connectivity index (χ4v) is 4.15. The Labute approximate surface area is 163 Å². The van der Waals surface area contributed by atoms with E-state index in [0.717, 1.165) is 35.6 Å². The van der Waals surface area contributed by atoms with Gasteiger partial charge in [0.1, 0.15) is 0 Å². The second-order valence-electron chi connectivity index (χ2n) is 6.85. The number of thioether (sulfide) groups is 1. The van der Waals surface area contributed by atoms with Crippen LogP contribution >= 0.6 is 11.8 Å². The molecule has 2 aromatic rings. The lowest BCUT2D eigenvalue weighted by atomic mass is 10.0. The Morgan fingerprint density at radius 2 is 2.15 bits per heavy atom. The number of anilines is 1. The van der Waals surface area contributed by atoms with Gasteiger partial charge in [-0.15, -0.1) is 11.8 Å². The first-order valence-electron chi connectivity index (χ1n) is 9.14. The molecule has 0 aliphatic carbocycles. The van der Waals surface area contributed by atoms with Crippen molar-refractivity contribution in [3.8, 4) is 0 Å². The Morgan fingerprint density at radius 3 is 2.93 bits per heavy atom. The van der Waals surface area contributed by atoms with Gasteiger partial charge in [0.05, 0.1) is 17.2 Å². The van der Waals surface area contributed by atoms with Crippen molar-refractivity contribution in [2.45, 2.75) is 30.4 Å². The van der Waals surface area contributed by atoms with Gasteiger partial charge >= 0.3 is 0 Å². The van der Waals surface area contributed by atoms with Crippen LogP contribution < -0.4 is 5.32 Å². The van der Waals surface area contributed by atoms with Gasteiger partial charge in [-0.05, 0) is 48.9 Å². The molecule has 0 spiro atoms. The molecule has 5 nitrogen and oxygen atoms in total. The zero-order valence-electron chi connectivity index (χ0n) is 15.2. The molecule has 0 saturated carbocycles. The second kappa shape index (κ2) is 7.74. The molecule has 1 saturated heterocycles. The fourth-order valence-electron chi connectivity index (χ4n) is 3.69. The minimum Gasteiger partial charge on any atom is -0.376 e. The van der Waals surface area contributed by atoms with Crippen LogP contribution in [0.3, 0.4) is 0 Å². The largest absolute Gasteiger partial charge is 0.376 e. The third kappa shape index (κ3) is 3.73. The SMILES string of the molecule is CSc1cccc(NC(=O)c2cccc3c2C(=O)N(CC2CCCO2)C3)c1. The highest BCUT2D eigenvalue weighted by atomic mass is 32.2. The molecule has 1 N–H and O–H groups in total. The topological polar surface area (TPSA) is 58.6 Å². The van der Waals surface area contributed by atoms with E-state index in [-0.39, 0.29) is 17.9 Å². The van der Waals surface area contributed by atoms with E-state index in [0.29, 0.717) is 24.2 Å². The second-order valence-corrected chi connectivity index (χ2v) is 7.73. The average Bonchev–Trinajstić information content (AvgIpc) is 3.30. The molecule has 0 bridgehead atoms. The summed E-state index contributed by atoms with van der Waals surface area (Å²) in [6.07, 6.45) is 4.13. The van der Waals surface area contributed by atoms with Crippen LogP contribution in [0.4, 0.5) is 5.69 Å². The highest BCUT2D eigenvalue weighted by Crippen LogP contribution is 2.28. The fraction of sp³-hybridized carbons (Fsp3) is 0.333. The first kappa shape index (κ1) is 18.1. The predicted molar refractivity (Wildman–Crippen MR) is 106 cm³/mol. The Hall–Kier alpha value is -2.31. The average molecular weight is 382 g/mol. The van der Waals surface area contributed by atoms with Gasteiger partial charge in [0.15, 0.2) is 0 Å². The van der Waals surface area contributed by atoms with Crippen molar-refractivity contribution in [2.24, 2.45) is 0 Å². The maximum absolute atomic E-state index is 12.9. The third-order valence-corrected chi connectivity index (χ3v) is 5.76. The molecule has 0 aromatic heterocycles. The number of nitrogens with one attached hydrogen (secondary N) is 1. The molecule has 140 valence electrons. The third-order valence-electron chi connectivity index (χ3n) is 5.03. The molecule has 6 heteroatoms. The summed E-state index contributed by atoms with van der Waals surface area (Å²) in [5.41, 5.74) is 2.59. The van der Waals surface area contributed by atoms with Gasteiger partial charge in [0.25, 0.3) is 11.8 Å². The van der Waals surface area contributed by atoms with Crippen LogP contribution in [-0.4, -0.2) is 42.2 Å². The summed E-state index contributed by atoms with van der Waals surface area (Å²) < 4.78 is 5.67. The van der Waals surface area contributed by atoms with Crippen molar-refractivity contribution in [1.82, 2.24) is 4.90 Å². The van der Waals surface area contributed by atoms with E-state index >= 15 is 0 Å². The van der Waals surface area contributed by atoms with Crippen molar-refractivity contribution in [3.05, 3.63) is 59.2 Å². The van der Waals surface area contributed by atoms with Crippen LogP contribution in [0.5, 0.6) is 0 Å². The molecule has 1 unspecified atom stereocenters. The zero-order valence-corrected chi connectivity index (χ0v) is 16.1. The summed E-state index contributed by atoms with van der Waals surface area (Å²) in [6, 6.07) is 13.2. The molecule has 4 rings (SSSR count). The smallest absolute Gasteiger partial charge is 0.256 e. The first-order chi connectivity index (χ1) is 13.2. The van der Waals surface area contributed by atoms with Crippen LogP contribution in [0, 0.1) is 0 Å². The highest BCUT2D eigenvalue weighted by Gasteiger charge is 2.33. The normalized spacial score (nSPS) is 18.6. The van der Waals surface area contributed by atoms with Crippen LogP contribution in [0.2, 0.25) is 0 Å². The van der Waals surface area contributed by atoms with Crippen molar-refractivity contribution >= 4 is 29.3 Å². The van der Waals surface area contributed by atoms with Gasteiger partial charge in [-0.3, -0.25) is 9.59 Å². The van der Waals surface area contributed by atoms with Crippen molar-refractivity contribution < 1.29 is 14.3 Å². The monoisotopic (exact) mass is 382 g/mol. The number of amides is 2. The Bertz CT molecular complexity index is 877. The van der Waals surface area contributed by atoms with Gasteiger partial charge in [-0.1, -0.05) is 18.2 Å². The highest BCUT2D eigenvalue weighted by molar-refractivity contribution is 7.98.